The maximum absolute atomic E-state index is 13.7. The van der Waals surface area contributed by atoms with Crippen LogP contribution < -0.4 is 5.32 Å². The van der Waals surface area contributed by atoms with Crippen molar-refractivity contribution in [3.05, 3.63) is 71.8 Å². The number of nitrogens with zero attached hydrogens (tertiary/aromatic N) is 3. The summed E-state index contributed by atoms with van der Waals surface area (Å²) in [5, 5.41) is 2.89. The first-order chi connectivity index (χ1) is 14.6. The highest BCUT2D eigenvalue weighted by Gasteiger charge is 2.28. The average Bonchev–Trinajstić information content (AvgIpc) is 2.79. The molecule has 0 unspecified atom stereocenters. The molecule has 2 heterocycles. The molecule has 154 valence electrons. The van der Waals surface area contributed by atoms with Gasteiger partial charge in [-0.1, -0.05) is 30.3 Å². The van der Waals surface area contributed by atoms with Crippen molar-refractivity contribution in [2.24, 2.45) is 5.92 Å². The van der Waals surface area contributed by atoms with Crippen LogP contribution in [-0.4, -0.2) is 46.3 Å². The molecule has 0 spiro atoms. The summed E-state index contributed by atoms with van der Waals surface area (Å²) in [6, 6.07) is 14.0. The number of hydrogen-bond donors (Lipinski definition) is 1. The molecule has 0 aliphatic carbocycles. The fourth-order valence-corrected chi connectivity index (χ4v) is 3.73. The Morgan fingerprint density at radius 1 is 1.03 bits per heavy atom. The minimum Gasteiger partial charge on any atom is -0.356 e. The van der Waals surface area contributed by atoms with Crippen molar-refractivity contribution in [3.63, 3.8) is 0 Å². The number of para-hydroxylation sites is 2. The quantitative estimate of drug-likeness (QED) is 0.707. The highest BCUT2D eigenvalue weighted by Crippen LogP contribution is 2.19. The standard InChI is InChI=1S/C23H23FN4O2/c24-18-6-2-1-5-16(18)9-12-25-22(29)17-10-13-28(14-11-17)23(30)21-15-26-19-7-3-4-8-20(19)27-21/h1-8,15,17H,9-14H2,(H,25,29). The van der Waals surface area contributed by atoms with E-state index < -0.39 is 0 Å². The van der Waals surface area contributed by atoms with E-state index in [1.165, 1.54) is 12.3 Å². The second-order valence-electron chi connectivity index (χ2n) is 7.44. The predicted octanol–water partition coefficient (Wildman–Crippen LogP) is 2.98. The number of nitrogens with one attached hydrogen (secondary N) is 1. The van der Waals surface area contributed by atoms with Crippen molar-refractivity contribution in [1.29, 1.82) is 0 Å². The molecule has 0 bridgehead atoms. The van der Waals surface area contributed by atoms with Gasteiger partial charge in [0.1, 0.15) is 11.5 Å². The van der Waals surface area contributed by atoms with Crippen molar-refractivity contribution < 1.29 is 14.0 Å². The zero-order valence-corrected chi connectivity index (χ0v) is 16.6. The van der Waals surface area contributed by atoms with Crippen LogP contribution in [0.5, 0.6) is 0 Å². The van der Waals surface area contributed by atoms with E-state index in [9.17, 15) is 14.0 Å². The normalized spacial score (nSPS) is 14.6. The first-order valence-electron chi connectivity index (χ1n) is 10.1. The summed E-state index contributed by atoms with van der Waals surface area (Å²) >= 11 is 0. The second kappa shape index (κ2) is 8.98. The Balaban J connectivity index is 1.28. The summed E-state index contributed by atoms with van der Waals surface area (Å²) in [6.07, 6.45) is 3.15. The number of hydrogen-bond acceptors (Lipinski definition) is 4. The summed E-state index contributed by atoms with van der Waals surface area (Å²) in [7, 11) is 0. The van der Waals surface area contributed by atoms with Crippen molar-refractivity contribution in [1.82, 2.24) is 20.2 Å². The lowest BCUT2D eigenvalue weighted by atomic mass is 9.95. The Hall–Kier alpha value is -3.35. The lowest BCUT2D eigenvalue weighted by Crippen LogP contribution is -2.43. The van der Waals surface area contributed by atoms with Crippen LogP contribution in [0, 0.1) is 11.7 Å². The van der Waals surface area contributed by atoms with E-state index in [2.05, 4.69) is 15.3 Å². The molecule has 30 heavy (non-hydrogen) atoms. The molecule has 2 aromatic carbocycles. The maximum atomic E-state index is 13.7. The number of benzene rings is 2. The maximum Gasteiger partial charge on any atom is 0.274 e. The molecular formula is C23H23FN4O2. The number of amides is 2. The lowest BCUT2D eigenvalue weighted by Gasteiger charge is -2.31. The van der Waals surface area contributed by atoms with Crippen molar-refractivity contribution in [2.45, 2.75) is 19.3 Å². The highest BCUT2D eigenvalue weighted by molar-refractivity contribution is 5.94. The minimum atomic E-state index is -0.254. The van der Waals surface area contributed by atoms with E-state index in [0.29, 0.717) is 55.7 Å². The molecule has 2 amide bonds. The van der Waals surface area contributed by atoms with Crippen LogP contribution in [0.15, 0.2) is 54.7 Å². The number of likely N-dealkylation sites (tertiary alicyclic amines) is 1. The SMILES string of the molecule is O=C(NCCc1ccccc1F)C1CCN(C(=O)c2cnc3ccccc3n2)CC1. The first-order valence-corrected chi connectivity index (χ1v) is 10.1. The van der Waals surface area contributed by atoms with E-state index in [0.717, 1.165) is 5.52 Å². The smallest absolute Gasteiger partial charge is 0.274 e. The number of carbonyl (C=O) groups excluding carboxylic acids is 2. The third kappa shape index (κ3) is 4.45. The Labute approximate surface area is 174 Å². The zero-order valence-electron chi connectivity index (χ0n) is 16.6. The summed E-state index contributed by atoms with van der Waals surface area (Å²) < 4.78 is 13.7. The van der Waals surface area contributed by atoms with Gasteiger partial charge in [0, 0.05) is 25.6 Å². The van der Waals surface area contributed by atoms with E-state index in [-0.39, 0.29) is 23.5 Å². The Bertz CT molecular complexity index is 1060. The molecule has 0 radical (unpaired) electrons. The molecule has 6 nitrogen and oxygen atoms in total. The van der Waals surface area contributed by atoms with Crippen LogP contribution in [0.3, 0.4) is 0 Å². The molecule has 1 aromatic heterocycles. The molecule has 1 aliphatic rings. The van der Waals surface area contributed by atoms with Crippen LogP contribution >= 0.6 is 0 Å². The topological polar surface area (TPSA) is 75.2 Å². The van der Waals surface area contributed by atoms with Crippen LogP contribution in [-0.2, 0) is 11.2 Å². The van der Waals surface area contributed by atoms with E-state index in [1.54, 1.807) is 23.1 Å². The van der Waals surface area contributed by atoms with E-state index in [1.807, 2.05) is 24.3 Å². The number of rotatable bonds is 5. The summed E-state index contributed by atoms with van der Waals surface area (Å²) in [4.78, 5) is 35.6. The number of halogens is 1. The Morgan fingerprint density at radius 2 is 1.73 bits per heavy atom. The third-order valence-corrected chi connectivity index (χ3v) is 5.47. The van der Waals surface area contributed by atoms with Crippen molar-refractivity contribution in [3.8, 4) is 0 Å². The minimum absolute atomic E-state index is 0.0380. The summed E-state index contributed by atoms with van der Waals surface area (Å²) in [5.41, 5.74) is 2.35. The van der Waals surface area contributed by atoms with Gasteiger partial charge >= 0.3 is 0 Å². The number of piperidine rings is 1. The molecule has 1 aliphatic heterocycles. The van der Waals surface area contributed by atoms with Crippen molar-refractivity contribution in [2.75, 3.05) is 19.6 Å². The molecule has 1 N–H and O–H groups in total. The van der Waals surface area contributed by atoms with Crippen LogP contribution in [0.2, 0.25) is 0 Å². The van der Waals surface area contributed by atoms with Crippen LogP contribution in [0.1, 0.15) is 28.9 Å². The van der Waals surface area contributed by atoms with Gasteiger partial charge in [0.2, 0.25) is 5.91 Å². The van der Waals surface area contributed by atoms with Gasteiger partial charge < -0.3 is 10.2 Å². The van der Waals surface area contributed by atoms with Gasteiger partial charge in [-0.25, -0.2) is 9.37 Å². The summed E-state index contributed by atoms with van der Waals surface area (Å²) in [6.45, 7) is 1.39. The lowest BCUT2D eigenvalue weighted by molar-refractivity contribution is -0.126. The molecule has 7 heteroatoms. The molecule has 1 fully saturated rings. The third-order valence-electron chi connectivity index (χ3n) is 5.47. The second-order valence-corrected chi connectivity index (χ2v) is 7.44. The van der Waals surface area contributed by atoms with Crippen LogP contribution in [0.25, 0.3) is 11.0 Å². The number of aromatic nitrogens is 2. The molecule has 0 saturated carbocycles. The average molecular weight is 406 g/mol. The van der Waals surface area contributed by atoms with Gasteiger partial charge in [0.15, 0.2) is 0 Å². The fourth-order valence-electron chi connectivity index (χ4n) is 3.73. The van der Waals surface area contributed by atoms with Gasteiger partial charge in [-0.3, -0.25) is 14.6 Å². The van der Waals surface area contributed by atoms with Crippen LogP contribution in [0.4, 0.5) is 4.39 Å². The molecule has 1 saturated heterocycles. The van der Waals surface area contributed by atoms with E-state index >= 15 is 0 Å². The van der Waals surface area contributed by atoms with Gasteiger partial charge in [-0.2, -0.15) is 0 Å². The molecule has 3 aromatic rings. The molecular weight excluding hydrogens is 383 g/mol. The van der Waals surface area contributed by atoms with E-state index in [4.69, 9.17) is 0 Å². The van der Waals surface area contributed by atoms with Gasteiger partial charge in [0.25, 0.3) is 5.91 Å². The Kier molecular flexibility index (Phi) is 5.97. The predicted molar refractivity (Wildman–Crippen MR) is 111 cm³/mol. The zero-order chi connectivity index (χ0) is 20.9. The summed E-state index contributed by atoms with van der Waals surface area (Å²) in [5.74, 6) is -0.594. The monoisotopic (exact) mass is 406 g/mol. The largest absolute Gasteiger partial charge is 0.356 e. The highest BCUT2D eigenvalue weighted by atomic mass is 19.1. The Morgan fingerprint density at radius 3 is 2.50 bits per heavy atom. The van der Waals surface area contributed by atoms with Crippen molar-refractivity contribution >= 4 is 22.8 Å². The fraction of sp³-hybridized carbons (Fsp3) is 0.304. The molecule has 4 rings (SSSR count). The first kappa shape index (κ1) is 19.9. The van der Waals surface area contributed by atoms with Gasteiger partial charge in [-0.15, -0.1) is 0 Å². The molecule has 0 atom stereocenters. The number of fused-ring (bicyclic) bond motifs is 1. The van der Waals surface area contributed by atoms with Gasteiger partial charge in [-0.05, 0) is 43.0 Å². The number of carbonyl (C=O) groups is 2. The van der Waals surface area contributed by atoms with Gasteiger partial charge in [0.05, 0.1) is 17.2 Å².